The molecule has 2 heteroatoms. The molecule has 1 unspecified atom stereocenters. The van der Waals surface area contributed by atoms with Gasteiger partial charge < -0.3 is 5.32 Å². The number of thiophene rings is 1. The van der Waals surface area contributed by atoms with Gasteiger partial charge in [0.15, 0.2) is 0 Å². The van der Waals surface area contributed by atoms with E-state index in [4.69, 9.17) is 0 Å². The maximum Gasteiger partial charge on any atom is 0.0503 e. The van der Waals surface area contributed by atoms with Crippen LogP contribution in [0.4, 0.5) is 0 Å². The molecule has 1 aromatic heterocycles. The second-order valence-corrected chi connectivity index (χ2v) is 6.13. The highest BCUT2D eigenvalue weighted by Crippen LogP contribution is 2.36. The molecule has 0 radical (unpaired) electrons. The van der Waals surface area contributed by atoms with Gasteiger partial charge in [0.2, 0.25) is 0 Å². The van der Waals surface area contributed by atoms with E-state index in [1.54, 1.807) is 10.4 Å². The fourth-order valence-corrected chi connectivity index (χ4v) is 3.47. The van der Waals surface area contributed by atoms with Gasteiger partial charge in [-0.05, 0) is 49.1 Å². The fraction of sp³-hybridized carbons (Fsp3) is 0.692. The van der Waals surface area contributed by atoms with Crippen molar-refractivity contribution in [3.63, 3.8) is 0 Å². The molecule has 0 aliphatic carbocycles. The average Bonchev–Trinajstić information content (AvgIpc) is 2.65. The minimum atomic E-state index is 0.242. The molecule has 0 bridgehead atoms. The van der Waals surface area contributed by atoms with E-state index in [0.29, 0.717) is 0 Å². The minimum absolute atomic E-state index is 0.242. The topological polar surface area (TPSA) is 12.0 Å². The van der Waals surface area contributed by atoms with Crippen LogP contribution in [0.5, 0.6) is 0 Å². The van der Waals surface area contributed by atoms with Crippen LogP contribution in [0.25, 0.3) is 0 Å². The summed E-state index contributed by atoms with van der Waals surface area (Å²) in [6.07, 6.45) is 3.77. The first kappa shape index (κ1) is 11.2. The van der Waals surface area contributed by atoms with Gasteiger partial charge in [-0.25, -0.2) is 0 Å². The Bertz CT molecular complexity index is 329. The van der Waals surface area contributed by atoms with Crippen LogP contribution in [0.1, 0.15) is 44.1 Å². The van der Waals surface area contributed by atoms with Crippen LogP contribution in [0.15, 0.2) is 11.4 Å². The summed E-state index contributed by atoms with van der Waals surface area (Å²) >= 11 is 1.92. The maximum atomic E-state index is 3.70. The second kappa shape index (κ2) is 4.26. The lowest BCUT2D eigenvalue weighted by atomic mass is 9.85. The Labute approximate surface area is 96.9 Å². The van der Waals surface area contributed by atoms with Crippen LogP contribution in [-0.4, -0.2) is 6.54 Å². The summed E-state index contributed by atoms with van der Waals surface area (Å²) in [6, 6.07) is 2.30. The third kappa shape index (κ3) is 2.26. The zero-order valence-electron chi connectivity index (χ0n) is 9.97. The van der Waals surface area contributed by atoms with E-state index in [2.05, 4.69) is 37.5 Å². The summed E-state index contributed by atoms with van der Waals surface area (Å²) < 4.78 is 0. The second-order valence-electron chi connectivity index (χ2n) is 5.22. The average molecular weight is 223 g/mol. The number of hydrogen-bond donors (Lipinski definition) is 1. The first-order valence-electron chi connectivity index (χ1n) is 5.94. The summed E-state index contributed by atoms with van der Waals surface area (Å²) in [5.41, 5.74) is 1.82. The zero-order valence-corrected chi connectivity index (χ0v) is 10.8. The van der Waals surface area contributed by atoms with Gasteiger partial charge in [-0.2, -0.15) is 0 Å². The van der Waals surface area contributed by atoms with Crippen molar-refractivity contribution < 1.29 is 0 Å². The molecule has 0 saturated heterocycles. The van der Waals surface area contributed by atoms with Gasteiger partial charge in [-0.3, -0.25) is 0 Å². The molecule has 1 aliphatic heterocycles. The molecule has 0 fully saturated rings. The first-order chi connectivity index (χ1) is 7.12. The summed E-state index contributed by atoms with van der Waals surface area (Å²) in [5, 5.41) is 5.94. The Balaban J connectivity index is 2.16. The Morgan fingerprint density at radius 3 is 3.07 bits per heavy atom. The molecule has 2 rings (SSSR count). The molecule has 1 N–H and O–H groups in total. The van der Waals surface area contributed by atoms with Crippen LogP contribution in [0.3, 0.4) is 0 Å². The summed E-state index contributed by atoms with van der Waals surface area (Å²) in [7, 11) is 0. The van der Waals surface area contributed by atoms with E-state index in [1.807, 2.05) is 11.3 Å². The Kier molecular flexibility index (Phi) is 3.17. The lowest BCUT2D eigenvalue weighted by Gasteiger charge is -2.35. The van der Waals surface area contributed by atoms with Crippen LogP contribution in [-0.2, 0) is 12.0 Å². The first-order valence-corrected chi connectivity index (χ1v) is 6.82. The van der Waals surface area contributed by atoms with E-state index in [9.17, 15) is 0 Å². The van der Waals surface area contributed by atoms with E-state index in [-0.39, 0.29) is 5.54 Å². The Morgan fingerprint density at radius 1 is 1.53 bits per heavy atom. The van der Waals surface area contributed by atoms with E-state index in [1.165, 1.54) is 19.3 Å². The van der Waals surface area contributed by atoms with Gasteiger partial charge >= 0.3 is 0 Å². The predicted octanol–water partition coefficient (Wildman–Crippen LogP) is 3.55. The van der Waals surface area contributed by atoms with Crippen LogP contribution in [0.2, 0.25) is 0 Å². The van der Waals surface area contributed by atoms with Crippen LogP contribution in [0, 0.1) is 5.92 Å². The van der Waals surface area contributed by atoms with Gasteiger partial charge in [0, 0.05) is 11.4 Å². The standard InChI is InChI=1S/C13H21NS/c1-10(2)4-7-13(3)12-11(5-8-14-13)6-9-15-12/h6,9-10,14H,4-5,7-8H2,1-3H3. The molecule has 2 heterocycles. The van der Waals surface area contributed by atoms with Crippen molar-refractivity contribution in [1.82, 2.24) is 5.32 Å². The van der Waals surface area contributed by atoms with Crippen LogP contribution >= 0.6 is 11.3 Å². The van der Waals surface area contributed by atoms with Crippen LogP contribution < -0.4 is 5.32 Å². The van der Waals surface area contributed by atoms with Crippen molar-refractivity contribution >= 4 is 11.3 Å². The highest BCUT2D eigenvalue weighted by Gasteiger charge is 2.32. The molecule has 1 nitrogen and oxygen atoms in total. The number of hydrogen-bond acceptors (Lipinski definition) is 2. The van der Waals surface area contributed by atoms with Crippen molar-refractivity contribution in [2.75, 3.05) is 6.54 Å². The highest BCUT2D eigenvalue weighted by atomic mass is 32.1. The molecule has 1 aromatic rings. The third-order valence-electron chi connectivity index (χ3n) is 3.38. The Morgan fingerprint density at radius 2 is 2.33 bits per heavy atom. The molecule has 0 spiro atoms. The van der Waals surface area contributed by atoms with Crippen molar-refractivity contribution in [2.24, 2.45) is 5.92 Å². The molecule has 0 saturated carbocycles. The summed E-state index contributed by atoms with van der Waals surface area (Å²) in [5.74, 6) is 0.800. The fourth-order valence-electron chi connectivity index (χ4n) is 2.35. The van der Waals surface area contributed by atoms with Gasteiger partial charge in [0.25, 0.3) is 0 Å². The zero-order chi connectivity index (χ0) is 10.9. The molecular weight excluding hydrogens is 202 g/mol. The molecular formula is C13H21NS. The van der Waals surface area contributed by atoms with E-state index in [0.717, 1.165) is 12.5 Å². The van der Waals surface area contributed by atoms with Crippen molar-refractivity contribution in [1.29, 1.82) is 0 Å². The normalized spacial score (nSPS) is 25.6. The van der Waals surface area contributed by atoms with E-state index < -0.39 is 0 Å². The lowest BCUT2D eigenvalue weighted by Crippen LogP contribution is -2.44. The number of fused-ring (bicyclic) bond motifs is 1. The molecule has 0 aromatic carbocycles. The predicted molar refractivity (Wildman–Crippen MR) is 67.4 cm³/mol. The quantitative estimate of drug-likeness (QED) is 0.826. The van der Waals surface area contributed by atoms with Crippen molar-refractivity contribution in [3.8, 4) is 0 Å². The smallest absolute Gasteiger partial charge is 0.0503 e. The van der Waals surface area contributed by atoms with Gasteiger partial charge in [-0.1, -0.05) is 13.8 Å². The van der Waals surface area contributed by atoms with Gasteiger partial charge in [-0.15, -0.1) is 11.3 Å². The third-order valence-corrected chi connectivity index (χ3v) is 4.60. The van der Waals surface area contributed by atoms with Crippen molar-refractivity contribution in [3.05, 3.63) is 21.9 Å². The summed E-state index contributed by atoms with van der Waals surface area (Å²) in [4.78, 5) is 1.58. The molecule has 0 amide bonds. The SMILES string of the molecule is CC(C)CCC1(C)NCCc2ccsc21. The molecule has 1 atom stereocenters. The van der Waals surface area contributed by atoms with Crippen molar-refractivity contribution in [2.45, 2.75) is 45.6 Å². The Hall–Kier alpha value is -0.340. The number of rotatable bonds is 3. The molecule has 84 valence electrons. The summed E-state index contributed by atoms with van der Waals surface area (Å²) in [6.45, 7) is 8.12. The van der Waals surface area contributed by atoms with Gasteiger partial charge in [0.1, 0.15) is 0 Å². The molecule has 15 heavy (non-hydrogen) atoms. The molecule has 1 aliphatic rings. The van der Waals surface area contributed by atoms with E-state index >= 15 is 0 Å². The number of nitrogens with one attached hydrogen (secondary N) is 1. The largest absolute Gasteiger partial charge is 0.307 e. The minimum Gasteiger partial charge on any atom is -0.307 e. The monoisotopic (exact) mass is 223 g/mol. The van der Waals surface area contributed by atoms with Gasteiger partial charge in [0.05, 0.1) is 5.54 Å². The lowest BCUT2D eigenvalue weighted by molar-refractivity contribution is 0.305. The highest BCUT2D eigenvalue weighted by molar-refractivity contribution is 7.10. The maximum absolute atomic E-state index is 3.70.